The summed E-state index contributed by atoms with van der Waals surface area (Å²) < 4.78 is 2.16. The minimum atomic E-state index is 0.521. The van der Waals surface area contributed by atoms with Crippen LogP contribution in [-0.2, 0) is 13.5 Å². The Morgan fingerprint density at radius 3 is 2.86 bits per heavy atom. The Labute approximate surface area is 130 Å². The van der Waals surface area contributed by atoms with Gasteiger partial charge in [-0.1, -0.05) is 20.8 Å². The molecule has 1 heterocycles. The molecule has 1 N–H and O–H groups in total. The summed E-state index contributed by atoms with van der Waals surface area (Å²) in [7, 11) is 2.10. The molecule has 1 aliphatic carbocycles. The topological polar surface area (TPSA) is 29.9 Å². The fourth-order valence-electron chi connectivity index (χ4n) is 3.81. The molecule has 1 aromatic rings. The van der Waals surface area contributed by atoms with Gasteiger partial charge < -0.3 is 9.88 Å². The molecule has 3 nitrogen and oxygen atoms in total. The van der Waals surface area contributed by atoms with E-state index < -0.39 is 0 Å². The molecule has 0 bridgehead atoms. The average molecular weight is 291 g/mol. The van der Waals surface area contributed by atoms with Crippen LogP contribution in [0.4, 0.5) is 0 Å². The molecule has 0 spiro atoms. The third-order valence-electron chi connectivity index (χ3n) is 5.17. The summed E-state index contributed by atoms with van der Waals surface area (Å²) >= 11 is 0. The van der Waals surface area contributed by atoms with Gasteiger partial charge in [0.1, 0.15) is 5.82 Å². The van der Waals surface area contributed by atoms with Crippen molar-refractivity contribution in [2.45, 2.75) is 59.3 Å². The Bertz CT molecular complexity index is 422. The number of hydrogen-bond acceptors (Lipinski definition) is 2. The molecule has 0 radical (unpaired) electrons. The Balaban J connectivity index is 1.91. The smallest absolute Gasteiger partial charge is 0.108 e. The molecule has 1 aromatic heterocycles. The van der Waals surface area contributed by atoms with Crippen molar-refractivity contribution >= 4 is 0 Å². The predicted octanol–water partition coefficient (Wildman–Crippen LogP) is 3.79. The van der Waals surface area contributed by atoms with Crippen LogP contribution in [0.2, 0.25) is 0 Å². The van der Waals surface area contributed by atoms with Crippen molar-refractivity contribution < 1.29 is 0 Å². The maximum absolute atomic E-state index is 4.48. The zero-order chi connectivity index (χ0) is 15.3. The first-order valence-corrected chi connectivity index (χ1v) is 8.69. The molecule has 0 saturated heterocycles. The summed E-state index contributed by atoms with van der Waals surface area (Å²) in [5.41, 5.74) is 0.521. The minimum absolute atomic E-state index is 0.521. The number of aromatic nitrogens is 2. The molecule has 21 heavy (non-hydrogen) atoms. The molecule has 0 aromatic carbocycles. The SMILES string of the molecule is CCCNCC1CCC(C)(C)CC1CCc1nccn1C. The second kappa shape index (κ2) is 7.44. The van der Waals surface area contributed by atoms with Crippen molar-refractivity contribution in [3.05, 3.63) is 18.2 Å². The van der Waals surface area contributed by atoms with Crippen LogP contribution < -0.4 is 5.32 Å². The molecule has 1 fully saturated rings. The van der Waals surface area contributed by atoms with E-state index in [-0.39, 0.29) is 0 Å². The molecular weight excluding hydrogens is 258 g/mol. The highest BCUT2D eigenvalue weighted by Gasteiger charge is 2.34. The minimum Gasteiger partial charge on any atom is -0.338 e. The normalized spacial score (nSPS) is 25.1. The van der Waals surface area contributed by atoms with Crippen LogP contribution >= 0.6 is 0 Å². The molecule has 1 saturated carbocycles. The Morgan fingerprint density at radius 1 is 1.38 bits per heavy atom. The summed E-state index contributed by atoms with van der Waals surface area (Å²) in [5.74, 6) is 2.93. The monoisotopic (exact) mass is 291 g/mol. The largest absolute Gasteiger partial charge is 0.338 e. The second-order valence-electron chi connectivity index (χ2n) is 7.62. The van der Waals surface area contributed by atoms with Gasteiger partial charge in [-0.3, -0.25) is 0 Å². The maximum Gasteiger partial charge on any atom is 0.108 e. The first kappa shape index (κ1) is 16.5. The highest BCUT2D eigenvalue weighted by molar-refractivity contribution is 4.93. The maximum atomic E-state index is 4.48. The van der Waals surface area contributed by atoms with E-state index in [0.717, 1.165) is 24.8 Å². The number of aryl methyl sites for hydroxylation is 2. The summed E-state index contributed by atoms with van der Waals surface area (Å²) in [5, 5.41) is 3.65. The van der Waals surface area contributed by atoms with Crippen LogP contribution in [-0.4, -0.2) is 22.6 Å². The third-order valence-corrected chi connectivity index (χ3v) is 5.17. The third kappa shape index (κ3) is 4.84. The number of nitrogens with zero attached hydrogens (tertiary/aromatic N) is 2. The Morgan fingerprint density at radius 2 is 2.19 bits per heavy atom. The summed E-state index contributed by atoms with van der Waals surface area (Å²) in [4.78, 5) is 4.48. The van der Waals surface area contributed by atoms with E-state index in [9.17, 15) is 0 Å². The van der Waals surface area contributed by atoms with Crippen LogP contribution in [0.25, 0.3) is 0 Å². The van der Waals surface area contributed by atoms with Gasteiger partial charge in [-0.25, -0.2) is 4.98 Å². The highest BCUT2D eigenvalue weighted by Crippen LogP contribution is 2.43. The summed E-state index contributed by atoms with van der Waals surface area (Å²) in [6.45, 7) is 9.49. The lowest BCUT2D eigenvalue weighted by atomic mass is 9.66. The van der Waals surface area contributed by atoms with Crippen LogP contribution in [0.1, 0.15) is 58.7 Å². The van der Waals surface area contributed by atoms with Crippen LogP contribution in [0, 0.1) is 17.3 Å². The van der Waals surface area contributed by atoms with Crippen molar-refractivity contribution in [3.8, 4) is 0 Å². The van der Waals surface area contributed by atoms with Crippen molar-refractivity contribution in [3.63, 3.8) is 0 Å². The quantitative estimate of drug-likeness (QED) is 0.775. The summed E-state index contributed by atoms with van der Waals surface area (Å²) in [6.07, 6.45) is 11.7. The highest BCUT2D eigenvalue weighted by atomic mass is 15.0. The Hall–Kier alpha value is -0.830. The molecule has 2 unspecified atom stereocenters. The van der Waals surface area contributed by atoms with E-state index in [1.165, 1.54) is 44.5 Å². The molecular formula is C18H33N3. The zero-order valence-corrected chi connectivity index (χ0v) is 14.4. The number of hydrogen-bond donors (Lipinski definition) is 1. The zero-order valence-electron chi connectivity index (χ0n) is 14.4. The molecule has 2 rings (SSSR count). The molecule has 120 valence electrons. The fourth-order valence-corrected chi connectivity index (χ4v) is 3.81. The second-order valence-corrected chi connectivity index (χ2v) is 7.62. The van der Waals surface area contributed by atoms with Gasteiger partial charge in [0, 0.05) is 25.9 Å². The van der Waals surface area contributed by atoms with E-state index in [0.29, 0.717) is 5.41 Å². The molecule has 0 amide bonds. The van der Waals surface area contributed by atoms with Gasteiger partial charge in [0.05, 0.1) is 0 Å². The van der Waals surface area contributed by atoms with Crippen LogP contribution in [0.15, 0.2) is 12.4 Å². The first-order chi connectivity index (χ1) is 10.0. The Kier molecular flexibility index (Phi) is 5.86. The van der Waals surface area contributed by atoms with E-state index >= 15 is 0 Å². The van der Waals surface area contributed by atoms with Gasteiger partial charge in [-0.2, -0.15) is 0 Å². The van der Waals surface area contributed by atoms with E-state index in [1.54, 1.807) is 0 Å². The number of nitrogens with one attached hydrogen (secondary N) is 1. The van der Waals surface area contributed by atoms with Crippen molar-refractivity contribution in [1.29, 1.82) is 0 Å². The van der Waals surface area contributed by atoms with Crippen molar-refractivity contribution in [2.24, 2.45) is 24.3 Å². The molecule has 2 atom stereocenters. The number of imidazole rings is 1. The standard InChI is InChI=1S/C18H33N3/c1-5-10-19-14-16-8-9-18(2,3)13-15(16)6-7-17-20-11-12-21(17)4/h11-12,15-16,19H,5-10,13-14H2,1-4H3. The lowest BCUT2D eigenvalue weighted by Gasteiger charge is -2.41. The van der Waals surface area contributed by atoms with Crippen LogP contribution in [0.5, 0.6) is 0 Å². The first-order valence-electron chi connectivity index (χ1n) is 8.69. The van der Waals surface area contributed by atoms with E-state index in [4.69, 9.17) is 0 Å². The van der Waals surface area contributed by atoms with Crippen molar-refractivity contribution in [2.75, 3.05) is 13.1 Å². The molecule has 1 aliphatic rings. The lowest BCUT2D eigenvalue weighted by molar-refractivity contribution is 0.109. The van der Waals surface area contributed by atoms with Crippen molar-refractivity contribution in [1.82, 2.24) is 14.9 Å². The van der Waals surface area contributed by atoms with Gasteiger partial charge >= 0.3 is 0 Å². The van der Waals surface area contributed by atoms with E-state index in [2.05, 4.69) is 48.9 Å². The van der Waals surface area contributed by atoms with Gasteiger partial charge in [0.25, 0.3) is 0 Å². The van der Waals surface area contributed by atoms with Gasteiger partial charge in [0.15, 0.2) is 0 Å². The lowest BCUT2D eigenvalue weighted by Crippen LogP contribution is -2.36. The van der Waals surface area contributed by atoms with Gasteiger partial charge in [-0.05, 0) is 62.4 Å². The molecule has 3 heteroatoms. The predicted molar refractivity (Wildman–Crippen MR) is 89.3 cm³/mol. The van der Waals surface area contributed by atoms with Gasteiger partial charge in [-0.15, -0.1) is 0 Å². The molecule has 0 aliphatic heterocycles. The van der Waals surface area contributed by atoms with Gasteiger partial charge in [0.2, 0.25) is 0 Å². The van der Waals surface area contributed by atoms with Crippen LogP contribution in [0.3, 0.4) is 0 Å². The van der Waals surface area contributed by atoms with E-state index in [1.807, 2.05) is 6.20 Å². The average Bonchev–Trinajstić information content (AvgIpc) is 2.84. The fraction of sp³-hybridized carbons (Fsp3) is 0.833. The number of rotatable bonds is 7. The summed E-state index contributed by atoms with van der Waals surface area (Å²) in [6, 6.07) is 0.